The summed E-state index contributed by atoms with van der Waals surface area (Å²) < 4.78 is 1.92. The van der Waals surface area contributed by atoms with Crippen molar-refractivity contribution in [1.29, 1.82) is 0 Å². The van der Waals surface area contributed by atoms with Crippen molar-refractivity contribution in [3.63, 3.8) is 0 Å². The number of nitrogens with zero attached hydrogens (tertiary/aromatic N) is 4. The Balaban J connectivity index is 2.33. The van der Waals surface area contributed by atoms with Crippen molar-refractivity contribution in [3.05, 3.63) is 18.1 Å². The number of hydrogen-bond donors (Lipinski definition) is 0. The average molecular weight is 202 g/mol. The van der Waals surface area contributed by atoms with E-state index in [-0.39, 0.29) is 5.78 Å². The molecule has 15 heavy (non-hydrogen) atoms. The van der Waals surface area contributed by atoms with Crippen LogP contribution in [0.2, 0.25) is 0 Å². The first kappa shape index (κ1) is 8.52. The normalized spacial score (nSPS) is 15.8. The Morgan fingerprint density at radius 2 is 2.33 bits per heavy atom. The number of carbonyl (C=O) groups is 1. The van der Waals surface area contributed by atoms with Gasteiger partial charge < -0.3 is 4.57 Å². The minimum atomic E-state index is -0.0140. The zero-order valence-corrected chi connectivity index (χ0v) is 8.34. The summed E-state index contributed by atoms with van der Waals surface area (Å²) in [6.07, 6.45) is 3.79. The van der Waals surface area contributed by atoms with Crippen LogP contribution < -0.4 is 0 Å². The van der Waals surface area contributed by atoms with Gasteiger partial charge in [-0.2, -0.15) is 5.10 Å². The minimum absolute atomic E-state index is 0.0140. The maximum Gasteiger partial charge on any atom is 0.195 e. The molecule has 1 aliphatic carbocycles. The second-order valence-electron chi connectivity index (χ2n) is 3.83. The number of fused-ring (bicyclic) bond motifs is 1. The molecule has 1 fully saturated rings. The lowest BCUT2D eigenvalue weighted by Crippen LogP contribution is -2.06. The average Bonchev–Trinajstić information content (AvgIpc) is 2.98. The van der Waals surface area contributed by atoms with Gasteiger partial charge in [0.2, 0.25) is 0 Å². The summed E-state index contributed by atoms with van der Waals surface area (Å²) in [5, 5.41) is 7.88. The van der Waals surface area contributed by atoms with Gasteiger partial charge in [-0.15, -0.1) is 5.10 Å². The Bertz CT molecular complexity index is 541. The lowest BCUT2D eigenvalue weighted by Gasteiger charge is -2.02. The number of hydrogen-bond acceptors (Lipinski definition) is 4. The molecule has 1 aliphatic rings. The molecule has 3 rings (SSSR count). The van der Waals surface area contributed by atoms with Crippen LogP contribution in [0.3, 0.4) is 0 Å². The molecule has 76 valence electrons. The van der Waals surface area contributed by atoms with Crippen molar-refractivity contribution < 1.29 is 4.79 Å². The predicted octanol–water partition coefficient (Wildman–Crippen LogP) is 1.36. The molecule has 0 N–H and O–H groups in total. The van der Waals surface area contributed by atoms with Crippen LogP contribution in [0.1, 0.15) is 36.4 Å². The smallest absolute Gasteiger partial charge is 0.195 e. The molecule has 0 atom stereocenters. The van der Waals surface area contributed by atoms with Crippen LogP contribution in [0.4, 0.5) is 0 Å². The minimum Gasteiger partial charge on any atom is -0.302 e. The van der Waals surface area contributed by atoms with E-state index in [9.17, 15) is 4.79 Å². The van der Waals surface area contributed by atoms with Crippen molar-refractivity contribution in [2.45, 2.75) is 25.8 Å². The fraction of sp³-hybridized carbons (Fsp3) is 0.400. The van der Waals surface area contributed by atoms with Crippen molar-refractivity contribution in [2.24, 2.45) is 0 Å². The van der Waals surface area contributed by atoms with Crippen LogP contribution in [-0.4, -0.2) is 25.5 Å². The first-order valence-corrected chi connectivity index (χ1v) is 4.98. The maximum atomic E-state index is 11.4. The third-order valence-corrected chi connectivity index (χ3v) is 2.59. The van der Waals surface area contributed by atoms with E-state index in [1.165, 1.54) is 6.92 Å². The van der Waals surface area contributed by atoms with Gasteiger partial charge in [-0.1, -0.05) is 0 Å². The summed E-state index contributed by atoms with van der Waals surface area (Å²) in [5.41, 5.74) is 1.48. The second kappa shape index (κ2) is 2.85. The molecule has 0 saturated heterocycles. The van der Waals surface area contributed by atoms with Gasteiger partial charge in [-0.3, -0.25) is 4.79 Å². The SMILES string of the molecule is CC(=O)c1nc2ccnnc2n1C1CC1. The van der Waals surface area contributed by atoms with Crippen LogP contribution in [0.5, 0.6) is 0 Å². The molecule has 0 aromatic carbocycles. The highest BCUT2D eigenvalue weighted by Crippen LogP contribution is 2.37. The van der Waals surface area contributed by atoms with E-state index in [0.29, 0.717) is 11.9 Å². The Hall–Kier alpha value is -1.78. The Morgan fingerprint density at radius 3 is 3.00 bits per heavy atom. The van der Waals surface area contributed by atoms with Gasteiger partial charge >= 0.3 is 0 Å². The highest BCUT2D eigenvalue weighted by molar-refractivity contribution is 5.94. The number of aromatic nitrogens is 4. The number of carbonyl (C=O) groups excluding carboxylic acids is 1. The van der Waals surface area contributed by atoms with Crippen molar-refractivity contribution in [2.75, 3.05) is 0 Å². The molecule has 5 nitrogen and oxygen atoms in total. The van der Waals surface area contributed by atoms with Crippen molar-refractivity contribution >= 4 is 16.9 Å². The van der Waals surface area contributed by atoms with E-state index in [1.807, 2.05) is 4.57 Å². The highest BCUT2D eigenvalue weighted by Gasteiger charge is 2.30. The molecule has 0 spiro atoms. The van der Waals surface area contributed by atoms with Crippen LogP contribution >= 0.6 is 0 Å². The molecule has 0 bridgehead atoms. The fourth-order valence-electron chi connectivity index (χ4n) is 1.77. The lowest BCUT2D eigenvalue weighted by atomic mass is 10.4. The number of imidazole rings is 1. The molecular weight excluding hydrogens is 192 g/mol. The zero-order valence-electron chi connectivity index (χ0n) is 8.34. The predicted molar refractivity (Wildman–Crippen MR) is 53.6 cm³/mol. The molecule has 0 unspecified atom stereocenters. The third kappa shape index (κ3) is 1.23. The van der Waals surface area contributed by atoms with Crippen LogP contribution in [0.25, 0.3) is 11.2 Å². The summed E-state index contributed by atoms with van der Waals surface area (Å²) >= 11 is 0. The summed E-state index contributed by atoms with van der Waals surface area (Å²) in [6.45, 7) is 1.54. The Kier molecular flexibility index (Phi) is 1.62. The monoisotopic (exact) mass is 202 g/mol. The number of Topliss-reactive ketones (excluding diaryl/α,β-unsaturated/α-hetero) is 1. The zero-order chi connectivity index (χ0) is 10.4. The summed E-state index contributed by atoms with van der Waals surface area (Å²) in [6, 6.07) is 2.18. The van der Waals surface area contributed by atoms with Gasteiger partial charge in [0, 0.05) is 13.0 Å². The maximum absolute atomic E-state index is 11.4. The van der Waals surface area contributed by atoms with E-state index in [2.05, 4.69) is 15.2 Å². The van der Waals surface area contributed by atoms with Crippen LogP contribution in [-0.2, 0) is 0 Å². The lowest BCUT2D eigenvalue weighted by molar-refractivity contribution is 0.0999. The first-order chi connectivity index (χ1) is 7.27. The topological polar surface area (TPSA) is 60.7 Å². The quantitative estimate of drug-likeness (QED) is 0.690. The fourth-order valence-corrected chi connectivity index (χ4v) is 1.77. The van der Waals surface area contributed by atoms with Gasteiger partial charge in [0.15, 0.2) is 17.3 Å². The molecule has 2 heterocycles. The standard InChI is InChI=1S/C10H10N4O/c1-6(15)9-12-8-4-5-11-13-10(8)14(9)7-2-3-7/h4-5,7H,2-3H2,1H3. The molecule has 0 amide bonds. The van der Waals surface area contributed by atoms with E-state index in [1.54, 1.807) is 12.3 Å². The summed E-state index contributed by atoms with van der Waals surface area (Å²) in [5.74, 6) is 0.493. The van der Waals surface area contributed by atoms with Gasteiger partial charge in [0.1, 0.15) is 5.52 Å². The first-order valence-electron chi connectivity index (χ1n) is 4.98. The van der Waals surface area contributed by atoms with Crippen LogP contribution in [0.15, 0.2) is 12.3 Å². The van der Waals surface area contributed by atoms with Crippen molar-refractivity contribution in [3.8, 4) is 0 Å². The van der Waals surface area contributed by atoms with E-state index < -0.39 is 0 Å². The van der Waals surface area contributed by atoms with E-state index >= 15 is 0 Å². The van der Waals surface area contributed by atoms with E-state index in [0.717, 1.165) is 24.0 Å². The molecule has 5 heteroatoms. The Labute approximate surface area is 86.1 Å². The summed E-state index contributed by atoms with van der Waals surface area (Å²) in [4.78, 5) is 15.7. The molecule has 0 radical (unpaired) electrons. The molecule has 2 aromatic heterocycles. The number of ketones is 1. The molecule has 2 aromatic rings. The van der Waals surface area contributed by atoms with Gasteiger partial charge in [-0.05, 0) is 18.9 Å². The van der Waals surface area contributed by atoms with E-state index in [4.69, 9.17) is 0 Å². The largest absolute Gasteiger partial charge is 0.302 e. The highest BCUT2D eigenvalue weighted by atomic mass is 16.1. The van der Waals surface area contributed by atoms with Gasteiger partial charge in [0.25, 0.3) is 0 Å². The third-order valence-electron chi connectivity index (χ3n) is 2.59. The van der Waals surface area contributed by atoms with Gasteiger partial charge in [-0.25, -0.2) is 4.98 Å². The Morgan fingerprint density at radius 1 is 1.53 bits per heavy atom. The molecular formula is C10H10N4O. The number of rotatable bonds is 2. The summed E-state index contributed by atoms with van der Waals surface area (Å²) in [7, 11) is 0. The van der Waals surface area contributed by atoms with Crippen molar-refractivity contribution in [1.82, 2.24) is 19.7 Å². The van der Waals surface area contributed by atoms with Crippen LogP contribution in [0, 0.1) is 0 Å². The molecule has 1 saturated carbocycles. The van der Waals surface area contributed by atoms with Gasteiger partial charge in [0.05, 0.1) is 6.20 Å². The molecule has 0 aliphatic heterocycles. The second-order valence-corrected chi connectivity index (χ2v) is 3.83.